The van der Waals surface area contributed by atoms with Crippen molar-refractivity contribution in [1.29, 1.82) is 0 Å². The van der Waals surface area contributed by atoms with Crippen molar-refractivity contribution in [2.75, 3.05) is 20.1 Å². The van der Waals surface area contributed by atoms with Crippen molar-refractivity contribution < 1.29 is 4.74 Å². The van der Waals surface area contributed by atoms with E-state index in [0.717, 1.165) is 43.7 Å². The van der Waals surface area contributed by atoms with Crippen LogP contribution in [0.25, 0.3) is 0 Å². The number of aryl methyl sites for hydroxylation is 2. The molecule has 162 valence electrons. The fraction of sp³-hybridized carbons (Fsp3) is 0.696. The molecular formula is C23H43N3OS. The summed E-state index contributed by atoms with van der Waals surface area (Å²) in [5.74, 6) is 0.801. The molecule has 1 aromatic rings. The van der Waals surface area contributed by atoms with E-state index < -0.39 is 0 Å². The molecule has 1 aromatic carbocycles. The van der Waals surface area contributed by atoms with Crippen molar-refractivity contribution in [3.63, 3.8) is 0 Å². The van der Waals surface area contributed by atoms with E-state index in [9.17, 15) is 0 Å². The van der Waals surface area contributed by atoms with Crippen molar-refractivity contribution in [2.45, 2.75) is 80.8 Å². The average molecular weight is 410 g/mol. The molecule has 0 saturated carbocycles. The van der Waals surface area contributed by atoms with Gasteiger partial charge in [-0.2, -0.15) is 0 Å². The minimum atomic E-state index is -0.188. The molecule has 4 nitrogen and oxygen atoms in total. The van der Waals surface area contributed by atoms with Crippen molar-refractivity contribution in [1.82, 2.24) is 10.2 Å². The van der Waals surface area contributed by atoms with Gasteiger partial charge in [0.2, 0.25) is 0 Å². The average Bonchev–Trinajstić information content (AvgIpc) is 2.62. The van der Waals surface area contributed by atoms with Crippen molar-refractivity contribution >= 4 is 17.4 Å². The summed E-state index contributed by atoms with van der Waals surface area (Å²) in [6.07, 6.45) is 2.74. The summed E-state index contributed by atoms with van der Waals surface area (Å²) in [7, 11) is 2.15. The smallest absolute Gasteiger partial charge is 0.263 e. The van der Waals surface area contributed by atoms with E-state index in [2.05, 4.69) is 70.9 Å². The molecule has 0 fully saturated rings. The lowest BCUT2D eigenvalue weighted by Gasteiger charge is -2.22. The Hall–Kier alpha value is -1.17. The number of rotatable bonds is 8. The Morgan fingerprint density at radius 1 is 1.21 bits per heavy atom. The third kappa shape index (κ3) is 11.0. The van der Waals surface area contributed by atoms with Crippen LogP contribution >= 0.6 is 12.2 Å². The summed E-state index contributed by atoms with van der Waals surface area (Å²) in [6, 6.07) is 4.28. The van der Waals surface area contributed by atoms with Crippen LogP contribution in [0.5, 0.6) is 5.75 Å². The zero-order valence-electron chi connectivity index (χ0n) is 19.6. The number of likely N-dealkylation sites (N-methyl/N-ethyl adjacent to an activating group) is 1. The quantitative estimate of drug-likeness (QED) is 0.457. The van der Waals surface area contributed by atoms with Crippen LogP contribution < -0.4 is 15.8 Å². The van der Waals surface area contributed by atoms with Gasteiger partial charge in [0, 0.05) is 6.54 Å². The molecule has 0 radical (unpaired) electrons. The summed E-state index contributed by atoms with van der Waals surface area (Å²) >= 11 is 5.34. The Morgan fingerprint density at radius 2 is 1.82 bits per heavy atom. The maximum absolute atomic E-state index is 6.13. The minimum Gasteiger partial charge on any atom is -0.432 e. The SMILES string of the molecule is CC.CCN(C)CCc1cc(C)c(OC(=S)NC(N)CCC(C)(C)C)cc1C. The first-order valence-corrected chi connectivity index (χ1v) is 10.9. The molecule has 0 amide bonds. The second-order valence-corrected chi connectivity index (χ2v) is 8.80. The lowest BCUT2D eigenvalue weighted by Crippen LogP contribution is -2.43. The Bertz CT molecular complexity index is 596. The van der Waals surface area contributed by atoms with Crippen LogP contribution in [0.2, 0.25) is 0 Å². The largest absolute Gasteiger partial charge is 0.432 e. The van der Waals surface area contributed by atoms with Gasteiger partial charge in [0.25, 0.3) is 5.17 Å². The van der Waals surface area contributed by atoms with Crippen LogP contribution in [-0.4, -0.2) is 36.4 Å². The highest BCUT2D eigenvalue weighted by Gasteiger charge is 2.15. The van der Waals surface area contributed by atoms with E-state index in [-0.39, 0.29) is 11.6 Å². The molecule has 1 unspecified atom stereocenters. The van der Waals surface area contributed by atoms with Gasteiger partial charge in [0.05, 0.1) is 6.17 Å². The number of hydrogen-bond acceptors (Lipinski definition) is 4. The van der Waals surface area contributed by atoms with Gasteiger partial charge >= 0.3 is 0 Å². The molecule has 3 N–H and O–H groups in total. The first kappa shape index (κ1) is 26.8. The first-order valence-electron chi connectivity index (χ1n) is 10.5. The van der Waals surface area contributed by atoms with E-state index >= 15 is 0 Å². The highest BCUT2D eigenvalue weighted by atomic mass is 32.1. The molecular weight excluding hydrogens is 366 g/mol. The maximum atomic E-state index is 6.13. The van der Waals surface area contributed by atoms with E-state index in [4.69, 9.17) is 22.7 Å². The van der Waals surface area contributed by atoms with E-state index in [0.29, 0.717) is 5.17 Å². The zero-order valence-corrected chi connectivity index (χ0v) is 20.4. The Kier molecular flexibility index (Phi) is 12.6. The number of hydrogen-bond donors (Lipinski definition) is 2. The van der Waals surface area contributed by atoms with Gasteiger partial charge < -0.3 is 20.7 Å². The number of nitrogens with two attached hydrogens (primary N) is 1. The van der Waals surface area contributed by atoms with Gasteiger partial charge in [-0.05, 0) is 87.1 Å². The Labute approximate surface area is 179 Å². The lowest BCUT2D eigenvalue weighted by atomic mass is 9.90. The normalized spacial score (nSPS) is 12.2. The van der Waals surface area contributed by atoms with E-state index in [1.165, 1.54) is 11.1 Å². The molecule has 1 rings (SSSR count). The van der Waals surface area contributed by atoms with Crippen molar-refractivity contribution in [3.05, 3.63) is 28.8 Å². The molecule has 1 atom stereocenters. The highest BCUT2D eigenvalue weighted by molar-refractivity contribution is 7.80. The van der Waals surface area contributed by atoms with Crippen molar-refractivity contribution in [3.8, 4) is 5.75 Å². The fourth-order valence-electron chi connectivity index (χ4n) is 2.64. The molecule has 0 spiro atoms. The molecule has 0 bridgehead atoms. The number of benzene rings is 1. The van der Waals surface area contributed by atoms with Gasteiger partial charge in [-0.25, -0.2) is 0 Å². The van der Waals surface area contributed by atoms with Crippen molar-refractivity contribution in [2.24, 2.45) is 11.1 Å². The highest BCUT2D eigenvalue weighted by Crippen LogP contribution is 2.24. The van der Waals surface area contributed by atoms with Crippen LogP contribution in [-0.2, 0) is 6.42 Å². The molecule has 28 heavy (non-hydrogen) atoms. The van der Waals surface area contributed by atoms with E-state index in [1.54, 1.807) is 0 Å². The number of thiocarbonyl (C=S) groups is 1. The molecule has 0 aromatic heterocycles. The molecule has 0 saturated heterocycles. The predicted octanol–water partition coefficient (Wildman–Crippen LogP) is 5.19. The second-order valence-electron chi connectivity index (χ2n) is 8.43. The standard InChI is InChI=1S/C21H37N3OS.C2H6/c1-8-24(7)12-10-17-13-16(3)18(14-15(17)2)25-20(26)23-19(22)9-11-21(4,5)6;1-2/h13-14,19H,8-12,22H2,1-7H3,(H,23,26);1-2H3. The van der Waals surface area contributed by atoms with Gasteiger partial charge in [-0.15, -0.1) is 0 Å². The number of nitrogens with zero attached hydrogens (tertiary/aromatic N) is 1. The third-order valence-electron chi connectivity index (χ3n) is 4.65. The summed E-state index contributed by atoms with van der Waals surface area (Å²) in [5.41, 5.74) is 10.1. The monoisotopic (exact) mass is 409 g/mol. The van der Waals surface area contributed by atoms with Gasteiger partial charge in [0.1, 0.15) is 5.75 Å². The van der Waals surface area contributed by atoms with Crippen LogP contribution in [0.1, 0.15) is 71.1 Å². The van der Waals surface area contributed by atoms with Gasteiger partial charge in [0.15, 0.2) is 0 Å². The fourth-order valence-corrected chi connectivity index (χ4v) is 2.88. The van der Waals surface area contributed by atoms with Gasteiger partial charge in [-0.1, -0.05) is 47.6 Å². The Balaban J connectivity index is 0.00000352. The molecule has 0 aliphatic heterocycles. The predicted molar refractivity (Wildman–Crippen MR) is 127 cm³/mol. The third-order valence-corrected chi connectivity index (χ3v) is 4.85. The summed E-state index contributed by atoms with van der Waals surface area (Å²) in [6.45, 7) is 19.1. The lowest BCUT2D eigenvalue weighted by molar-refractivity contribution is 0.339. The minimum absolute atomic E-state index is 0.188. The van der Waals surface area contributed by atoms with Crippen LogP contribution in [0.3, 0.4) is 0 Å². The first-order chi connectivity index (χ1) is 13.0. The second kappa shape index (κ2) is 13.1. The number of ether oxygens (including phenoxy) is 1. The number of nitrogens with one attached hydrogen (secondary N) is 1. The van der Waals surface area contributed by atoms with Crippen LogP contribution in [0.15, 0.2) is 12.1 Å². The van der Waals surface area contributed by atoms with Gasteiger partial charge in [-0.3, -0.25) is 0 Å². The summed E-state index contributed by atoms with van der Waals surface area (Å²) in [5, 5.41) is 3.43. The molecule has 0 heterocycles. The van der Waals surface area contributed by atoms with E-state index in [1.807, 2.05) is 13.8 Å². The zero-order chi connectivity index (χ0) is 21.9. The molecule has 5 heteroatoms. The molecule has 0 aliphatic rings. The van der Waals surface area contributed by atoms with Crippen LogP contribution in [0.4, 0.5) is 0 Å². The van der Waals surface area contributed by atoms with Crippen LogP contribution in [0, 0.1) is 19.3 Å². The summed E-state index contributed by atoms with van der Waals surface area (Å²) in [4.78, 5) is 2.32. The maximum Gasteiger partial charge on any atom is 0.263 e. The summed E-state index contributed by atoms with van der Waals surface area (Å²) < 4.78 is 5.86. The topological polar surface area (TPSA) is 50.5 Å². The molecule has 0 aliphatic carbocycles. The Morgan fingerprint density at radius 3 is 2.36 bits per heavy atom.